The van der Waals surface area contributed by atoms with Gasteiger partial charge in [-0.2, -0.15) is 0 Å². The monoisotopic (exact) mass is 306 g/mol. The predicted octanol–water partition coefficient (Wildman–Crippen LogP) is 3.34. The molecule has 0 bridgehead atoms. The third-order valence-electron chi connectivity index (χ3n) is 3.55. The number of ether oxygens (including phenoxy) is 2. The third kappa shape index (κ3) is 4.91. The van der Waals surface area contributed by atoms with E-state index in [2.05, 4.69) is 10.6 Å². The average Bonchev–Trinajstić information content (AvgIpc) is 2.89. The van der Waals surface area contributed by atoms with Crippen molar-refractivity contribution in [2.75, 3.05) is 19.0 Å². The number of methoxy groups -OCH3 is 1. The molecule has 1 aromatic rings. The summed E-state index contributed by atoms with van der Waals surface area (Å²) in [5.41, 5.74) is 1.31. The van der Waals surface area contributed by atoms with Crippen LogP contribution in [-0.2, 0) is 11.2 Å². The number of anilines is 1. The summed E-state index contributed by atoms with van der Waals surface area (Å²) in [6, 6.07) is 6.15. The fourth-order valence-corrected chi connectivity index (χ4v) is 2.63. The molecule has 122 valence electrons. The van der Waals surface area contributed by atoms with Crippen molar-refractivity contribution in [2.45, 2.75) is 51.7 Å². The van der Waals surface area contributed by atoms with Crippen molar-refractivity contribution in [3.05, 3.63) is 23.8 Å². The van der Waals surface area contributed by atoms with Crippen LogP contribution >= 0.6 is 0 Å². The Bertz CT molecular complexity index is 517. The molecule has 5 heteroatoms. The van der Waals surface area contributed by atoms with Gasteiger partial charge in [0, 0.05) is 11.7 Å². The van der Waals surface area contributed by atoms with Crippen LogP contribution in [0.1, 0.15) is 39.2 Å². The molecular weight excluding hydrogens is 280 g/mol. The first-order chi connectivity index (χ1) is 10.4. The topological polar surface area (TPSA) is 59.6 Å². The van der Waals surface area contributed by atoms with Crippen molar-refractivity contribution in [2.24, 2.45) is 0 Å². The molecule has 5 nitrogen and oxygen atoms in total. The Kier molecular flexibility index (Phi) is 5.29. The van der Waals surface area contributed by atoms with Crippen LogP contribution in [0.3, 0.4) is 0 Å². The van der Waals surface area contributed by atoms with Crippen molar-refractivity contribution in [1.29, 1.82) is 0 Å². The fourth-order valence-electron chi connectivity index (χ4n) is 2.63. The van der Waals surface area contributed by atoms with E-state index in [0.717, 1.165) is 30.0 Å². The van der Waals surface area contributed by atoms with Crippen molar-refractivity contribution >= 4 is 11.8 Å². The Morgan fingerprint density at radius 2 is 2.18 bits per heavy atom. The summed E-state index contributed by atoms with van der Waals surface area (Å²) in [7, 11) is 1.67. The van der Waals surface area contributed by atoms with E-state index >= 15 is 0 Å². The largest absolute Gasteiger partial charge is 0.496 e. The number of carbonyl (C=O) groups is 1. The zero-order valence-electron chi connectivity index (χ0n) is 13.9. The van der Waals surface area contributed by atoms with Gasteiger partial charge in [-0.1, -0.05) is 0 Å². The summed E-state index contributed by atoms with van der Waals surface area (Å²) in [5, 5.41) is 6.26. The highest BCUT2D eigenvalue weighted by Crippen LogP contribution is 2.26. The molecular formula is C17H26N2O3. The van der Waals surface area contributed by atoms with Crippen LogP contribution in [0.4, 0.5) is 10.5 Å². The second-order valence-corrected chi connectivity index (χ2v) is 6.65. The molecule has 0 saturated carbocycles. The van der Waals surface area contributed by atoms with Crippen LogP contribution in [-0.4, -0.2) is 31.4 Å². The van der Waals surface area contributed by atoms with E-state index in [1.54, 1.807) is 7.11 Å². The van der Waals surface area contributed by atoms with E-state index in [9.17, 15) is 4.79 Å². The van der Waals surface area contributed by atoms with Gasteiger partial charge in [0.05, 0.1) is 7.11 Å². The first-order valence-corrected chi connectivity index (χ1v) is 7.78. The summed E-state index contributed by atoms with van der Waals surface area (Å²) in [6.45, 7) is 6.61. The van der Waals surface area contributed by atoms with Crippen LogP contribution in [0, 0.1) is 0 Å². The van der Waals surface area contributed by atoms with Gasteiger partial charge in [0.1, 0.15) is 11.4 Å². The summed E-state index contributed by atoms with van der Waals surface area (Å²) < 4.78 is 10.7. The number of hydrogen-bond donors (Lipinski definition) is 2. The Morgan fingerprint density at radius 1 is 1.41 bits per heavy atom. The first-order valence-electron chi connectivity index (χ1n) is 7.78. The standard InChI is InChI=1S/C17H26N2O3/c1-17(2,3)22-16(20)19-14-7-8-15(21-4)12(11-14)10-13-6-5-9-18-13/h7-8,11,13,18H,5-6,9-10H2,1-4H3,(H,19,20). The average molecular weight is 306 g/mol. The number of carbonyl (C=O) groups excluding carboxylic acids is 1. The van der Waals surface area contributed by atoms with Crippen molar-refractivity contribution in [3.63, 3.8) is 0 Å². The van der Waals surface area contributed by atoms with Crippen LogP contribution < -0.4 is 15.4 Å². The lowest BCUT2D eigenvalue weighted by Crippen LogP contribution is -2.27. The van der Waals surface area contributed by atoms with Gasteiger partial charge >= 0.3 is 6.09 Å². The summed E-state index contributed by atoms with van der Waals surface area (Å²) in [5.74, 6) is 0.850. The molecule has 1 unspecified atom stereocenters. The first kappa shape index (κ1) is 16.6. The molecule has 0 aromatic heterocycles. The molecule has 1 saturated heterocycles. The molecule has 2 N–H and O–H groups in total. The van der Waals surface area contributed by atoms with Gasteiger partial charge < -0.3 is 14.8 Å². The van der Waals surface area contributed by atoms with E-state index < -0.39 is 11.7 Å². The molecule has 22 heavy (non-hydrogen) atoms. The molecule has 0 spiro atoms. The van der Waals surface area contributed by atoms with Gasteiger partial charge in [0.2, 0.25) is 0 Å². The summed E-state index contributed by atoms with van der Waals surface area (Å²) >= 11 is 0. The molecule has 2 rings (SSSR count). The van der Waals surface area contributed by atoms with E-state index in [-0.39, 0.29) is 0 Å². The molecule has 1 aliphatic heterocycles. The van der Waals surface area contributed by atoms with Crippen molar-refractivity contribution in [3.8, 4) is 5.75 Å². The Hall–Kier alpha value is -1.75. The normalized spacial score (nSPS) is 18.1. The van der Waals surface area contributed by atoms with Crippen LogP contribution in [0.5, 0.6) is 5.75 Å². The van der Waals surface area contributed by atoms with E-state index in [0.29, 0.717) is 6.04 Å². The Balaban J connectivity index is 2.07. The molecule has 0 radical (unpaired) electrons. The molecule has 0 aliphatic carbocycles. The lowest BCUT2D eigenvalue weighted by atomic mass is 10.0. The van der Waals surface area contributed by atoms with Crippen LogP contribution in [0.2, 0.25) is 0 Å². The lowest BCUT2D eigenvalue weighted by molar-refractivity contribution is 0.0636. The number of rotatable bonds is 4. The number of nitrogens with one attached hydrogen (secondary N) is 2. The molecule has 1 aliphatic rings. The smallest absolute Gasteiger partial charge is 0.412 e. The third-order valence-corrected chi connectivity index (χ3v) is 3.55. The van der Waals surface area contributed by atoms with Gasteiger partial charge in [0.25, 0.3) is 0 Å². The van der Waals surface area contributed by atoms with Crippen molar-refractivity contribution in [1.82, 2.24) is 5.32 Å². The zero-order valence-corrected chi connectivity index (χ0v) is 13.9. The maximum absolute atomic E-state index is 11.9. The van der Waals surface area contributed by atoms with E-state index in [1.807, 2.05) is 39.0 Å². The van der Waals surface area contributed by atoms with Gasteiger partial charge in [0.15, 0.2) is 0 Å². The van der Waals surface area contributed by atoms with Crippen LogP contribution in [0.25, 0.3) is 0 Å². The molecule has 1 aromatic carbocycles. The zero-order chi connectivity index (χ0) is 16.2. The molecule has 1 amide bonds. The number of hydrogen-bond acceptors (Lipinski definition) is 4. The highest BCUT2D eigenvalue weighted by atomic mass is 16.6. The van der Waals surface area contributed by atoms with Crippen LogP contribution in [0.15, 0.2) is 18.2 Å². The Morgan fingerprint density at radius 3 is 2.77 bits per heavy atom. The molecule has 1 heterocycles. The second-order valence-electron chi connectivity index (χ2n) is 6.65. The minimum Gasteiger partial charge on any atom is -0.496 e. The molecule has 1 atom stereocenters. The van der Waals surface area contributed by atoms with Crippen molar-refractivity contribution < 1.29 is 14.3 Å². The Labute approximate surface area is 132 Å². The predicted molar refractivity (Wildman–Crippen MR) is 87.6 cm³/mol. The van der Waals surface area contributed by atoms with E-state index in [4.69, 9.17) is 9.47 Å². The fraction of sp³-hybridized carbons (Fsp3) is 0.588. The second kappa shape index (κ2) is 7.01. The van der Waals surface area contributed by atoms with Gasteiger partial charge in [-0.3, -0.25) is 5.32 Å². The quantitative estimate of drug-likeness (QED) is 0.895. The minimum atomic E-state index is -0.507. The van der Waals surface area contributed by atoms with Gasteiger partial charge in [-0.15, -0.1) is 0 Å². The highest BCUT2D eigenvalue weighted by molar-refractivity contribution is 5.85. The molecule has 1 fully saturated rings. The van der Waals surface area contributed by atoms with Gasteiger partial charge in [-0.05, 0) is 70.3 Å². The van der Waals surface area contributed by atoms with Gasteiger partial charge in [-0.25, -0.2) is 4.79 Å². The highest BCUT2D eigenvalue weighted by Gasteiger charge is 2.19. The van der Waals surface area contributed by atoms with E-state index in [1.165, 1.54) is 12.8 Å². The SMILES string of the molecule is COc1ccc(NC(=O)OC(C)(C)C)cc1CC1CCCN1. The maximum atomic E-state index is 11.9. The maximum Gasteiger partial charge on any atom is 0.412 e. The summed E-state index contributed by atoms with van der Waals surface area (Å²) in [4.78, 5) is 11.9. The number of benzene rings is 1. The summed E-state index contributed by atoms with van der Waals surface area (Å²) in [6.07, 6.45) is 2.84. The lowest BCUT2D eigenvalue weighted by Gasteiger charge is -2.20. The minimum absolute atomic E-state index is 0.442. The number of amides is 1.